The topological polar surface area (TPSA) is 78.9 Å². The lowest BCUT2D eigenvalue weighted by Crippen LogP contribution is -2.61. The van der Waals surface area contributed by atoms with Crippen LogP contribution in [0.4, 0.5) is 21.6 Å². The number of carbonyl (C=O) groups is 2. The minimum Gasteiger partial charge on any atom is -0.465 e. The van der Waals surface area contributed by atoms with Gasteiger partial charge in [-0.05, 0) is 56.3 Å². The van der Waals surface area contributed by atoms with E-state index in [1.54, 1.807) is 36.5 Å². The van der Waals surface area contributed by atoms with Crippen molar-refractivity contribution in [3.05, 3.63) is 76.5 Å². The molecule has 2 aromatic heterocycles. The van der Waals surface area contributed by atoms with Crippen LogP contribution in [0.15, 0.2) is 48.7 Å². The average Bonchev–Trinajstić information content (AvgIpc) is 3.18. The number of esters is 1. The van der Waals surface area contributed by atoms with Gasteiger partial charge >= 0.3 is 5.97 Å². The van der Waals surface area contributed by atoms with E-state index in [1.807, 2.05) is 29.7 Å². The number of fused-ring (bicyclic) bond motifs is 1. The molecule has 0 unspecified atom stereocenters. The molecular weight excluding hydrogens is 521 g/mol. The fourth-order valence-electron chi connectivity index (χ4n) is 5.43. The fourth-order valence-corrected chi connectivity index (χ4v) is 5.54. The maximum atomic E-state index is 14.2. The molecule has 8 nitrogen and oxygen atoms in total. The molecule has 0 N–H and O–H groups in total. The van der Waals surface area contributed by atoms with Crippen LogP contribution in [0.1, 0.15) is 54.2 Å². The van der Waals surface area contributed by atoms with Crippen molar-refractivity contribution in [1.29, 1.82) is 0 Å². The lowest BCUT2D eigenvalue weighted by Gasteiger charge is -2.47. The van der Waals surface area contributed by atoms with E-state index in [-0.39, 0.29) is 16.3 Å². The summed E-state index contributed by atoms with van der Waals surface area (Å²) in [5.41, 5.74) is 2.25. The van der Waals surface area contributed by atoms with E-state index in [0.29, 0.717) is 48.9 Å². The van der Waals surface area contributed by atoms with E-state index < -0.39 is 17.3 Å². The summed E-state index contributed by atoms with van der Waals surface area (Å²) in [5.74, 6) is -0.384. The van der Waals surface area contributed by atoms with Gasteiger partial charge < -0.3 is 19.4 Å². The summed E-state index contributed by atoms with van der Waals surface area (Å²) in [5, 5.41) is 0.0752. The molecule has 1 saturated heterocycles. The van der Waals surface area contributed by atoms with Crippen LogP contribution in [0, 0.1) is 5.82 Å². The van der Waals surface area contributed by atoms with Crippen LogP contribution in [0.3, 0.4) is 0 Å². The van der Waals surface area contributed by atoms with Crippen molar-refractivity contribution in [2.24, 2.45) is 0 Å². The first kappa shape index (κ1) is 26.9. The van der Waals surface area contributed by atoms with E-state index in [2.05, 4.69) is 23.7 Å². The normalized spacial score (nSPS) is 17.7. The van der Waals surface area contributed by atoms with Crippen LogP contribution >= 0.6 is 11.6 Å². The number of halogens is 2. The van der Waals surface area contributed by atoms with Gasteiger partial charge in [0.1, 0.15) is 17.3 Å². The van der Waals surface area contributed by atoms with Gasteiger partial charge in [-0.3, -0.25) is 4.79 Å². The SMILES string of the molecule is COC(=O)c1ccnc(N2CCN(C(=O)c3ccc4c(n3)C(C)(C)CN4c3ccc(Cl)c(F)c3)C(C)(C)C2)c1. The number of ether oxygens (including phenoxy) is 1. The highest BCUT2D eigenvalue weighted by Crippen LogP contribution is 2.44. The summed E-state index contributed by atoms with van der Waals surface area (Å²) in [6.07, 6.45) is 1.59. The van der Waals surface area contributed by atoms with Gasteiger partial charge in [0.15, 0.2) is 0 Å². The van der Waals surface area contributed by atoms with Gasteiger partial charge in [-0.15, -0.1) is 0 Å². The molecule has 1 amide bonds. The highest BCUT2D eigenvalue weighted by atomic mass is 35.5. The molecule has 204 valence electrons. The number of benzene rings is 1. The van der Waals surface area contributed by atoms with E-state index in [1.165, 1.54) is 13.2 Å². The molecule has 1 aromatic carbocycles. The van der Waals surface area contributed by atoms with Crippen LogP contribution in [0.2, 0.25) is 5.02 Å². The number of hydrogen-bond donors (Lipinski definition) is 0. The molecule has 2 aliphatic heterocycles. The van der Waals surface area contributed by atoms with Crippen LogP contribution in [-0.2, 0) is 10.2 Å². The molecule has 0 atom stereocenters. The zero-order valence-corrected chi connectivity index (χ0v) is 23.4. The lowest BCUT2D eigenvalue weighted by atomic mass is 9.91. The predicted octanol–water partition coefficient (Wildman–Crippen LogP) is 5.23. The average molecular weight is 552 g/mol. The molecule has 0 aliphatic carbocycles. The van der Waals surface area contributed by atoms with Crippen molar-refractivity contribution < 1.29 is 18.7 Å². The molecule has 5 rings (SSSR count). The van der Waals surface area contributed by atoms with Gasteiger partial charge in [0, 0.05) is 43.5 Å². The summed E-state index contributed by atoms with van der Waals surface area (Å²) in [7, 11) is 1.35. The van der Waals surface area contributed by atoms with E-state index >= 15 is 0 Å². The Hall–Kier alpha value is -3.72. The molecule has 10 heteroatoms. The van der Waals surface area contributed by atoms with E-state index in [9.17, 15) is 14.0 Å². The number of anilines is 3. The number of amides is 1. The highest BCUT2D eigenvalue weighted by Gasteiger charge is 2.41. The number of rotatable bonds is 4. The summed E-state index contributed by atoms with van der Waals surface area (Å²) in [6, 6.07) is 11.7. The summed E-state index contributed by atoms with van der Waals surface area (Å²) in [6.45, 7) is 10.3. The van der Waals surface area contributed by atoms with Crippen LogP contribution < -0.4 is 9.80 Å². The van der Waals surface area contributed by atoms with Crippen LogP contribution in [-0.4, -0.2) is 65.6 Å². The zero-order chi connectivity index (χ0) is 28.1. The summed E-state index contributed by atoms with van der Waals surface area (Å²) >= 11 is 5.89. The second-order valence-corrected chi connectivity index (χ2v) is 11.6. The molecule has 0 radical (unpaired) electrons. The van der Waals surface area contributed by atoms with Gasteiger partial charge in [-0.25, -0.2) is 19.2 Å². The first-order chi connectivity index (χ1) is 18.4. The minimum absolute atomic E-state index is 0.0752. The smallest absolute Gasteiger partial charge is 0.338 e. The lowest BCUT2D eigenvalue weighted by molar-refractivity contribution is 0.0507. The van der Waals surface area contributed by atoms with Gasteiger partial charge in [-0.1, -0.05) is 25.4 Å². The maximum Gasteiger partial charge on any atom is 0.338 e. The number of hydrogen-bond acceptors (Lipinski definition) is 7. The monoisotopic (exact) mass is 551 g/mol. The first-order valence-corrected chi connectivity index (χ1v) is 13.1. The first-order valence-electron chi connectivity index (χ1n) is 12.8. The molecule has 2 aliphatic rings. The number of pyridine rings is 2. The number of methoxy groups -OCH3 is 1. The largest absolute Gasteiger partial charge is 0.465 e. The molecule has 1 fully saturated rings. The number of piperazine rings is 1. The van der Waals surface area contributed by atoms with Crippen LogP contribution in [0.25, 0.3) is 0 Å². The molecule has 4 heterocycles. The number of nitrogens with zero attached hydrogens (tertiary/aromatic N) is 5. The second-order valence-electron chi connectivity index (χ2n) is 11.2. The Morgan fingerprint density at radius 3 is 2.49 bits per heavy atom. The number of aromatic nitrogens is 2. The molecule has 0 saturated carbocycles. The summed E-state index contributed by atoms with van der Waals surface area (Å²) < 4.78 is 19.0. The quantitative estimate of drug-likeness (QED) is 0.411. The number of carbonyl (C=O) groups excluding carboxylic acids is 2. The Morgan fingerprint density at radius 1 is 1.03 bits per heavy atom. The van der Waals surface area contributed by atoms with E-state index in [0.717, 1.165) is 11.4 Å². The molecule has 39 heavy (non-hydrogen) atoms. The van der Waals surface area contributed by atoms with Crippen molar-refractivity contribution in [3.8, 4) is 0 Å². The molecular formula is C29H31ClFN5O3. The van der Waals surface area contributed by atoms with Gasteiger partial charge in [0.2, 0.25) is 0 Å². The Bertz CT molecular complexity index is 1460. The van der Waals surface area contributed by atoms with Crippen molar-refractivity contribution in [2.45, 2.75) is 38.6 Å². The zero-order valence-electron chi connectivity index (χ0n) is 22.7. The fraction of sp³-hybridized carbons (Fsp3) is 0.379. The van der Waals surface area contributed by atoms with Gasteiger partial charge in [0.25, 0.3) is 5.91 Å². The Balaban J connectivity index is 1.38. The second kappa shape index (κ2) is 9.79. The predicted molar refractivity (Wildman–Crippen MR) is 149 cm³/mol. The van der Waals surface area contributed by atoms with Crippen molar-refractivity contribution >= 4 is 40.7 Å². The third-order valence-electron chi connectivity index (χ3n) is 7.43. The van der Waals surface area contributed by atoms with Crippen molar-refractivity contribution in [1.82, 2.24) is 14.9 Å². The Morgan fingerprint density at radius 2 is 1.79 bits per heavy atom. The standard InChI is InChI=1S/C29H31ClFN5O3/c1-28(2)16-35(19-6-7-20(30)21(31)15-19)23-9-8-22(33-25(23)28)26(37)36-13-12-34(17-29(36,3)4)24-14-18(10-11-32-24)27(38)39-5/h6-11,14-15H,12-13,16-17H2,1-5H3. The van der Waals surface area contributed by atoms with Crippen LogP contribution in [0.5, 0.6) is 0 Å². The van der Waals surface area contributed by atoms with E-state index in [4.69, 9.17) is 21.3 Å². The minimum atomic E-state index is -0.526. The van der Waals surface area contributed by atoms with Gasteiger partial charge in [0.05, 0.1) is 34.6 Å². The third-order valence-corrected chi connectivity index (χ3v) is 7.74. The molecule has 0 bridgehead atoms. The molecule has 3 aromatic rings. The molecule has 0 spiro atoms. The Kier molecular flexibility index (Phi) is 6.74. The highest BCUT2D eigenvalue weighted by molar-refractivity contribution is 6.30. The van der Waals surface area contributed by atoms with Gasteiger partial charge in [-0.2, -0.15) is 0 Å². The Labute approximate surface area is 232 Å². The maximum absolute atomic E-state index is 14.2. The van der Waals surface area contributed by atoms with Crippen molar-refractivity contribution in [3.63, 3.8) is 0 Å². The summed E-state index contributed by atoms with van der Waals surface area (Å²) in [4.78, 5) is 41.0. The van der Waals surface area contributed by atoms with Crippen molar-refractivity contribution in [2.75, 3.05) is 43.1 Å². The third kappa shape index (κ3) is 4.91.